The van der Waals surface area contributed by atoms with Crippen LogP contribution in [0.15, 0.2) is 0 Å². The highest BCUT2D eigenvalue weighted by molar-refractivity contribution is 6.11. The third-order valence-electron chi connectivity index (χ3n) is 3.11. The molecule has 0 aromatic carbocycles. The second-order valence-corrected chi connectivity index (χ2v) is 4.45. The molecule has 0 amide bonds. The molecule has 18 heavy (non-hydrogen) atoms. The van der Waals surface area contributed by atoms with Gasteiger partial charge in [0, 0.05) is 27.9 Å². The summed E-state index contributed by atoms with van der Waals surface area (Å²) in [5.41, 5.74) is 5.65. The highest BCUT2D eigenvalue weighted by Gasteiger charge is 2.44. The van der Waals surface area contributed by atoms with Gasteiger partial charge in [0.15, 0.2) is 0 Å². The zero-order valence-corrected chi connectivity index (χ0v) is 11.6. The summed E-state index contributed by atoms with van der Waals surface area (Å²) in [5.74, 6) is 0. The zero-order chi connectivity index (χ0) is 13.5. The van der Waals surface area contributed by atoms with Gasteiger partial charge in [-0.2, -0.15) is 0 Å². The van der Waals surface area contributed by atoms with Crippen molar-refractivity contribution in [3.63, 3.8) is 0 Å². The Labute approximate surface area is 109 Å². The van der Waals surface area contributed by atoms with E-state index in [9.17, 15) is 0 Å². The van der Waals surface area contributed by atoms with Crippen molar-refractivity contribution >= 4 is 7.85 Å². The summed E-state index contributed by atoms with van der Waals surface area (Å²) in [7, 11) is 6.89. The van der Waals surface area contributed by atoms with Crippen molar-refractivity contribution in [3.05, 3.63) is 0 Å². The summed E-state index contributed by atoms with van der Waals surface area (Å²) in [6.07, 6.45) is -0.560. The third-order valence-corrected chi connectivity index (χ3v) is 3.11. The fraction of sp³-hybridized carbons (Fsp3) is 1.00. The maximum Gasteiger partial charge on any atom is 0.142 e. The second kappa shape index (κ2) is 8.09. The Kier molecular flexibility index (Phi) is 7.14. The monoisotopic (exact) mass is 261 g/mol. The van der Waals surface area contributed by atoms with Crippen molar-refractivity contribution in [1.29, 1.82) is 0 Å². The van der Waals surface area contributed by atoms with Gasteiger partial charge in [-0.15, -0.1) is 0 Å². The van der Waals surface area contributed by atoms with Gasteiger partial charge in [0.1, 0.15) is 26.2 Å². The van der Waals surface area contributed by atoms with Crippen LogP contribution in [0.25, 0.3) is 0 Å². The van der Waals surface area contributed by atoms with Gasteiger partial charge in [0.25, 0.3) is 0 Å². The molecule has 7 heteroatoms. The predicted octanol–water partition coefficient (Wildman–Crippen LogP) is -1.64. The first-order chi connectivity index (χ1) is 8.67. The summed E-state index contributed by atoms with van der Waals surface area (Å²) in [4.78, 5) is 0. The average Bonchev–Trinajstić information content (AvgIpc) is 2.65. The first kappa shape index (κ1) is 15.9. The number of hydrogen-bond acceptors (Lipinski definition) is 6. The van der Waals surface area contributed by atoms with Crippen LogP contribution in [0.1, 0.15) is 0 Å². The minimum absolute atomic E-state index is 0.0546. The van der Waals surface area contributed by atoms with E-state index in [0.717, 1.165) is 0 Å². The van der Waals surface area contributed by atoms with Gasteiger partial charge in [0.2, 0.25) is 0 Å². The van der Waals surface area contributed by atoms with Crippen LogP contribution in [0, 0.1) is 0 Å². The molecule has 5 atom stereocenters. The van der Waals surface area contributed by atoms with E-state index >= 15 is 0 Å². The minimum atomic E-state index is -0.154. The van der Waals surface area contributed by atoms with E-state index in [4.69, 9.17) is 29.4 Å². The standard InChI is InChI=1S/C11H24BNO5/c1-14-5-7(4-13)17-10-9(16-3)8(6-15-2)18-11(10)12/h7-11H,4-6,12-13H2,1-3H3/t7?,8-,9+,10?,11-/m1/s1. The summed E-state index contributed by atoms with van der Waals surface area (Å²) in [5, 5.41) is 0. The SMILES string of the molecule is B[C@@H]1O[C@H](COC)[C@H](OC)C1OC(CN)COC. The van der Waals surface area contributed by atoms with Crippen molar-refractivity contribution < 1.29 is 23.7 Å². The summed E-state index contributed by atoms with van der Waals surface area (Å²) < 4.78 is 27.4. The Morgan fingerprint density at radius 3 is 2.44 bits per heavy atom. The Morgan fingerprint density at radius 2 is 1.94 bits per heavy atom. The Hall–Kier alpha value is -0.175. The molecule has 2 N–H and O–H groups in total. The van der Waals surface area contributed by atoms with Crippen LogP contribution in [-0.2, 0) is 23.7 Å². The van der Waals surface area contributed by atoms with E-state index in [1.807, 2.05) is 7.85 Å². The van der Waals surface area contributed by atoms with E-state index in [0.29, 0.717) is 19.8 Å². The molecule has 0 bridgehead atoms. The molecule has 0 aliphatic carbocycles. The van der Waals surface area contributed by atoms with Gasteiger partial charge in [-0.05, 0) is 0 Å². The normalized spacial score (nSPS) is 33.8. The van der Waals surface area contributed by atoms with Crippen LogP contribution < -0.4 is 5.73 Å². The third kappa shape index (κ3) is 3.91. The lowest BCUT2D eigenvalue weighted by atomic mass is 9.92. The molecule has 1 heterocycles. The van der Waals surface area contributed by atoms with E-state index in [-0.39, 0.29) is 30.4 Å². The van der Waals surface area contributed by atoms with E-state index < -0.39 is 0 Å². The van der Waals surface area contributed by atoms with Gasteiger partial charge in [0.05, 0.1) is 25.3 Å². The van der Waals surface area contributed by atoms with Gasteiger partial charge in [-0.25, -0.2) is 0 Å². The lowest BCUT2D eigenvalue weighted by molar-refractivity contribution is -0.0947. The van der Waals surface area contributed by atoms with Crippen LogP contribution in [-0.4, -0.2) is 79.4 Å². The maximum absolute atomic E-state index is 5.94. The molecular weight excluding hydrogens is 237 g/mol. The molecule has 0 saturated carbocycles. The minimum Gasteiger partial charge on any atom is -0.382 e. The highest BCUT2D eigenvalue weighted by Crippen LogP contribution is 2.25. The van der Waals surface area contributed by atoms with Crippen LogP contribution in [0.4, 0.5) is 0 Å². The van der Waals surface area contributed by atoms with E-state index in [1.165, 1.54) is 0 Å². The van der Waals surface area contributed by atoms with Crippen LogP contribution in [0.5, 0.6) is 0 Å². The lowest BCUT2D eigenvalue weighted by Gasteiger charge is -2.26. The zero-order valence-electron chi connectivity index (χ0n) is 11.6. The largest absolute Gasteiger partial charge is 0.382 e. The Morgan fingerprint density at radius 1 is 1.22 bits per heavy atom. The molecule has 0 aromatic rings. The maximum atomic E-state index is 5.94. The second-order valence-electron chi connectivity index (χ2n) is 4.45. The molecule has 106 valence electrons. The van der Waals surface area contributed by atoms with E-state index in [2.05, 4.69) is 0 Å². The molecule has 1 rings (SSSR count). The smallest absolute Gasteiger partial charge is 0.142 e. The van der Waals surface area contributed by atoms with Crippen molar-refractivity contribution in [2.75, 3.05) is 41.1 Å². The number of methoxy groups -OCH3 is 3. The van der Waals surface area contributed by atoms with Gasteiger partial charge >= 0.3 is 0 Å². The summed E-state index contributed by atoms with van der Waals surface area (Å²) in [6.45, 7) is 1.35. The number of hydrogen-bond donors (Lipinski definition) is 1. The van der Waals surface area contributed by atoms with Crippen LogP contribution >= 0.6 is 0 Å². The molecule has 0 aromatic heterocycles. The molecule has 1 fully saturated rings. The fourth-order valence-corrected chi connectivity index (χ4v) is 2.25. The number of ether oxygens (including phenoxy) is 5. The molecule has 0 radical (unpaired) electrons. The van der Waals surface area contributed by atoms with Crippen molar-refractivity contribution in [2.45, 2.75) is 30.4 Å². The van der Waals surface area contributed by atoms with Gasteiger partial charge in [-0.1, -0.05) is 0 Å². The van der Waals surface area contributed by atoms with Gasteiger partial charge < -0.3 is 29.4 Å². The molecule has 1 aliphatic rings. The molecule has 6 nitrogen and oxygen atoms in total. The first-order valence-corrected chi connectivity index (χ1v) is 6.19. The molecule has 1 aliphatic heterocycles. The van der Waals surface area contributed by atoms with Crippen molar-refractivity contribution in [3.8, 4) is 0 Å². The average molecular weight is 261 g/mol. The number of rotatable bonds is 8. The van der Waals surface area contributed by atoms with Crippen LogP contribution in [0.3, 0.4) is 0 Å². The summed E-state index contributed by atoms with van der Waals surface area (Å²) in [6, 6.07) is -0.0546. The predicted molar refractivity (Wildman–Crippen MR) is 69.5 cm³/mol. The number of nitrogens with two attached hydrogens (primary N) is 1. The van der Waals surface area contributed by atoms with Gasteiger partial charge in [-0.3, -0.25) is 0 Å². The first-order valence-electron chi connectivity index (χ1n) is 6.19. The molecule has 2 unspecified atom stereocenters. The lowest BCUT2D eigenvalue weighted by Crippen LogP contribution is -2.43. The fourth-order valence-electron chi connectivity index (χ4n) is 2.25. The van der Waals surface area contributed by atoms with Crippen LogP contribution in [0.2, 0.25) is 0 Å². The highest BCUT2D eigenvalue weighted by atomic mass is 16.6. The summed E-state index contributed by atoms with van der Waals surface area (Å²) >= 11 is 0. The molecule has 0 spiro atoms. The van der Waals surface area contributed by atoms with E-state index in [1.54, 1.807) is 21.3 Å². The molecular formula is C11H24BNO5. The van der Waals surface area contributed by atoms with Crippen molar-refractivity contribution in [1.82, 2.24) is 0 Å². The van der Waals surface area contributed by atoms with Crippen molar-refractivity contribution in [2.24, 2.45) is 5.73 Å². The molecule has 1 saturated heterocycles. The topological polar surface area (TPSA) is 72.2 Å². The Bertz CT molecular complexity index is 233. The quantitative estimate of drug-likeness (QED) is 0.529. The Balaban J connectivity index is 2.61.